The van der Waals surface area contributed by atoms with Gasteiger partial charge in [0.2, 0.25) is 17.7 Å². The van der Waals surface area contributed by atoms with Crippen LogP contribution in [0.25, 0.3) is 0 Å². The molecule has 144 valence electrons. The fourth-order valence-corrected chi connectivity index (χ4v) is 4.34. The van der Waals surface area contributed by atoms with E-state index in [9.17, 15) is 10.1 Å². The van der Waals surface area contributed by atoms with E-state index in [1.165, 1.54) is 0 Å². The van der Waals surface area contributed by atoms with Crippen molar-refractivity contribution < 1.29 is 9.53 Å². The van der Waals surface area contributed by atoms with E-state index in [1.807, 2.05) is 31.2 Å². The molecule has 2 aliphatic heterocycles. The number of nitrogens with zero attached hydrogens (tertiary/aromatic N) is 3. The molecule has 0 aliphatic carbocycles. The molecule has 3 heterocycles. The molecule has 1 spiro atoms. The molecule has 0 saturated heterocycles. The summed E-state index contributed by atoms with van der Waals surface area (Å²) in [5.41, 5.74) is 7.96. The molecule has 1 aromatic carbocycles. The molecule has 1 amide bonds. The lowest BCUT2D eigenvalue weighted by Gasteiger charge is -2.32. The first-order valence-corrected chi connectivity index (χ1v) is 9.68. The van der Waals surface area contributed by atoms with Crippen LogP contribution in [0.2, 0.25) is 0 Å². The van der Waals surface area contributed by atoms with Crippen LogP contribution in [0.3, 0.4) is 0 Å². The van der Waals surface area contributed by atoms with E-state index in [0.29, 0.717) is 18.5 Å². The number of nitrogens with two attached hydrogens (primary N) is 1. The zero-order valence-electron chi connectivity index (χ0n) is 16.1. The molecule has 0 radical (unpaired) electrons. The number of ether oxygens (including phenoxy) is 1. The third kappa shape index (κ3) is 2.21. The molecule has 0 unspecified atom stereocenters. The lowest BCUT2D eigenvalue weighted by molar-refractivity contribution is -0.121. The second-order valence-corrected chi connectivity index (χ2v) is 7.16. The lowest BCUT2D eigenvalue weighted by Crippen LogP contribution is -2.46. The van der Waals surface area contributed by atoms with Crippen molar-refractivity contribution >= 4 is 11.6 Å². The Kier molecular flexibility index (Phi) is 4.34. The topological polar surface area (TPSA) is 108 Å². The Hall–Kier alpha value is -3.27. The Labute approximate surface area is 163 Å². The van der Waals surface area contributed by atoms with Crippen molar-refractivity contribution in [1.82, 2.24) is 10.2 Å². The van der Waals surface area contributed by atoms with Crippen molar-refractivity contribution in [2.75, 3.05) is 11.4 Å². The van der Waals surface area contributed by atoms with E-state index >= 15 is 0 Å². The van der Waals surface area contributed by atoms with Gasteiger partial charge >= 0.3 is 0 Å². The van der Waals surface area contributed by atoms with E-state index in [4.69, 9.17) is 10.5 Å². The lowest BCUT2D eigenvalue weighted by atomic mass is 9.68. The van der Waals surface area contributed by atoms with Crippen molar-refractivity contribution in [3.05, 3.63) is 52.5 Å². The summed E-state index contributed by atoms with van der Waals surface area (Å²) in [6.07, 6.45) is 3.44. The number of aromatic nitrogens is 2. The molecule has 1 aromatic heterocycles. The average molecular weight is 377 g/mol. The van der Waals surface area contributed by atoms with Gasteiger partial charge in [0.15, 0.2) is 0 Å². The fraction of sp³-hybridized carbons (Fsp3) is 0.381. The highest BCUT2D eigenvalue weighted by Gasteiger charge is 2.60. The van der Waals surface area contributed by atoms with E-state index in [1.54, 1.807) is 4.90 Å². The van der Waals surface area contributed by atoms with E-state index in [2.05, 4.69) is 23.2 Å². The Morgan fingerprint density at radius 2 is 2.11 bits per heavy atom. The van der Waals surface area contributed by atoms with Crippen LogP contribution in [-0.2, 0) is 16.6 Å². The van der Waals surface area contributed by atoms with Gasteiger partial charge in [0, 0.05) is 23.5 Å². The molecule has 28 heavy (non-hydrogen) atoms. The predicted molar refractivity (Wildman–Crippen MR) is 105 cm³/mol. The SMILES string of the molecule is CCCCc1[nH]nc2c1[C@]1(C(=O)N(CCC)c3ccccc31)C(C#N)=C(N)O2. The first-order valence-electron chi connectivity index (χ1n) is 9.68. The maximum Gasteiger partial charge on any atom is 0.247 e. The normalized spacial score (nSPS) is 20.2. The number of para-hydroxylation sites is 1. The molecule has 0 fully saturated rings. The number of benzene rings is 1. The number of nitrogens with one attached hydrogen (secondary N) is 1. The van der Waals surface area contributed by atoms with Gasteiger partial charge in [-0.15, -0.1) is 5.10 Å². The quantitative estimate of drug-likeness (QED) is 0.833. The summed E-state index contributed by atoms with van der Waals surface area (Å²) < 4.78 is 5.66. The number of rotatable bonds is 5. The highest BCUT2D eigenvalue weighted by atomic mass is 16.5. The van der Waals surface area contributed by atoms with Gasteiger partial charge in [-0.25, -0.2) is 0 Å². The van der Waals surface area contributed by atoms with Crippen LogP contribution >= 0.6 is 0 Å². The molecule has 4 rings (SSSR count). The molecule has 7 nitrogen and oxygen atoms in total. The Balaban J connectivity index is 2.06. The number of carbonyl (C=O) groups is 1. The summed E-state index contributed by atoms with van der Waals surface area (Å²) in [5.74, 6) is 0.0490. The van der Waals surface area contributed by atoms with E-state index in [-0.39, 0.29) is 23.2 Å². The number of hydrogen-bond acceptors (Lipinski definition) is 5. The monoisotopic (exact) mass is 377 g/mol. The molecule has 2 aromatic rings. The Morgan fingerprint density at radius 3 is 2.82 bits per heavy atom. The predicted octanol–water partition coefficient (Wildman–Crippen LogP) is 2.88. The minimum atomic E-state index is -1.31. The van der Waals surface area contributed by atoms with Crippen LogP contribution in [0, 0.1) is 11.3 Å². The summed E-state index contributed by atoms with van der Waals surface area (Å²) in [5, 5.41) is 17.3. The van der Waals surface area contributed by atoms with Gasteiger partial charge in [-0.1, -0.05) is 38.5 Å². The smallest absolute Gasteiger partial charge is 0.247 e. The number of carbonyl (C=O) groups excluding carboxylic acids is 1. The van der Waals surface area contributed by atoms with Crippen LogP contribution in [-0.4, -0.2) is 22.6 Å². The number of amides is 1. The molecule has 1 atom stereocenters. The average Bonchev–Trinajstić information content (AvgIpc) is 3.20. The molecule has 3 N–H and O–H groups in total. The first-order chi connectivity index (χ1) is 13.6. The maximum atomic E-state index is 13.9. The molecule has 7 heteroatoms. The van der Waals surface area contributed by atoms with Crippen molar-refractivity contribution in [3.8, 4) is 11.9 Å². The molecular formula is C21H23N5O2. The maximum absolute atomic E-state index is 13.9. The zero-order valence-corrected chi connectivity index (χ0v) is 16.1. The van der Waals surface area contributed by atoms with Crippen LogP contribution in [0.1, 0.15) is 49.9 Å². The number of aryl methyl sites for hydroxylation is 1. The minimum absolute atomic E-state index is 0.0648. The second-order valence-electron chi connectivity index (χ2n) is 7.16. The number of unbranched alkanes of at least 4 members (excludes halogenated alkanes) is 1. The van der Waals surface area contributed by atoms with Crippen LogP contribution in [0.5, 0.6) is 5.88 Å². The molecule has 0 saturated carbocycles. The van der Waals surface area contributed by atoms with Gasteiger partial charge in [0.05, 0.1) is 5.56 Å². The van der Waals surface area contributed by atoms with Crippen LogP contribution < -0.4 is 15.4 Å². The van der Waals surface area contributed by atoms with Crippen molar-refractivity contribution in [2.24, 2.45) is 5.73 Å². The first kappa shape index (κ1) is 18.1. The van der Waals surface area contributed by atoms with E-state index < -0.39 is 5.41 Å². The van der Waals surface area contributed by atoms with Gasteiger partial charge < -0.3 is 15.4 Å². The number of nitriles is 1. The number of H-pyrrole nitrogens is 1. The number of anilines is 1. The summed E-state index contributed by atoms with van der Waals surface area (Å²) in [6, 6.07) is 9.78. The summed E-state index contributed by atoms with van der Waals surface area (Å²) in [7, 11) is 0. The van der Waals surface area contributed by atoms with Crippen molar-refractivity contribution in [1.29, 1.82) is 5.26 Å². The zero-order chi connectivity index (χ0) is 19.9. The number of aromatic amines is 1. The van der Waals surface area contributed by atoms with Gasteiger partial charge in [-0.05, 0) is 25.3 Å². The summed E-state index contributed by atoms with van der Waals surface area (Å²) in [4.78, 5) is 15.7. The fourth-order valence-electron chi connectivity index (χ4n) is 4.34. The molecular weight excluding hydrogens is 354 g/mol. The third-order valence-corrected chi connectivity index (χ3v) is 5.52. The third-order valence-electron chi connectivity index (χ3n) is 5.52. The molecule has 2 aliphatic rings. The number of fused-ring (bicyclic) bond motifs is 4. The van der Waals surface area contributed by atoms with Gasteiger partial charge in [0.1, 0.15) is 17.1 Å². The van der Waals surface area contributed by atoms with Crippen LogP contribution in [0.4, 0.5) is 5.69 Å². The largest absolute Gasteiger partial charge is 0.420 e. The minimum Gasteiger partial charge on any atom is -0.420 e. The van der Waals surface area contributed by atoms with Crippen molar-refractivity contribution in [3.63, 3.8) is 0 Å². The summed E-state index contributed by atoms with van der Waals surface area (Å²) in [6.45, 7) is 4.69. The highest BCUT2D eigenvalue weighted by Crippen LogP contribution is 2.55. The van der Waals surface area contributed by atoms with Crippen LogP contribution in [0.15, 0.2) is 35.7 Å². The highest BCUT2D eigenvalue weighted by molar-refractivity contribution is 6.14. The van der Waals surface area contributed by atoms with Gasteiger partial charge in [-0.2, -0.15) is 5.26 Å². The standard InChI is InChI=1S/C21H23N5O2/c1-3-5-9-15-17-19(25-24-15)28-18(23)14(12-22)21(17)13-8-6-7-10-16(13)26(11-4-2)20(21)27/h6-8,10H,3-5,9,11,23H2,1-2H3,(H,24,25)/t21-/m1/s1. The van der Waals surface area contributed by atoms with Gasteiger partial charge in [-0.3, -0.25) is 9.89 Å². The Bertz CT molecular complexity index is 1020. The summed E-state index contributed by atoms with van der Waals surface area (Å²) >= 11 is 0. The second kappa shape index (κ2) is 6.71. The van der Waals surface area contributed by atoms with E-state index in [0.717, 1.165) is 36.2 Å². The number of hydrogen-bond donors (Lipinski definition) is 2. The molecule has 0 bridgehead atoms. The van der Waals surface area contributed by atoms with Gasteiger partial charge in [0.25, 0.3) is 0 Å². The van der Waals surface area contributed by atoms with Crippen molar-refractivity contribution in [2.45, 2.75) is 44.9 Å². The Morgan fingerprint density at radius 1 is 1.32 bits per heavy atom.